The van der Waals surface area contributed by atoms with Crippen LogP contribution in [0.3, 0.4) is 0 Å². The molecule has 0 aromatic heterocycles. The normalized spacial score (nSPS) is 12.7. The summed E-state index contributed by atoms with van der Waals surface area (Å²) in [5.41, 5.74) is 0.0406. The average molecular weight is 453 g/mol. The van der Waals surface area contributed by atoms with Gasteiger partial charge in [-0.15, -0.1) is 0 Å². The molecule has 5 nitrogen and oxygen atoms in total. The number of aliphatic carboxylic acids is 1. The van der Waals surface area contributed by atoms with Gasteiger partial charge in [0.15, 0.2) is 0 Å². The molecule has 0 aliphatic rings. The van der Waals surface area contributed by atoms with Gasteiger partial charge in [0.25, 0.3) is 10.0 Å². The zero-order valence-electron chi connectivity index (χ0n) is 12.3. The van der Waals surface area contributed by atoms with Gasteiger partial charge in [-0.05, 0) is 49.4 Å². The summed E-state index contributed by atoms with van der Waals surface area (Å²) < 4.78 is 27.4. The fraction of sp³-hybridized carbons (Fsp3) is 0.133. The van der Waals surface area contributed by atoms with Gasteiger partial charge < -0.3 is 5.11 Å². The zero-order valence-corrected chi connectivity index (χ0v) is 16.2. The van der Waals surface area contributed by atoms with Crippen LogP contribution in [0.25, 0.3) is 0 Å². The Bertz CT molecular complexity index is 872. The van der Waals surface area contributed by atoms with Crippen LogP contribution in [0.5, 0.6) is 0 Å². The third-order valence-corrected chi connectivity index (χ3v) is 6.19. The molecule has 0 aliphatic carbocycles. The van der Waals surface area contributed by atoms with Crippen molar-refractivity contribution in [2.45, 2.75) is 17.9 Å². The Hall–Kier alpha value is -1.28. The number of carbonyl (C=O) groups is 1. The van der Waals surface area contributed by atoms with Crippen molar-refractivity contribution in [3.63, 3.8) is 0 Å². The minimum atomic E-state index is -4.15. The van der Waals surface area contributed by atoms with Crippen molar-refractivity contribution in [3.05, 3.63) is 57.0 Å². The third-order valence-electron chi connectivity index (χ3n) is 3.23. The molecule has 0 amide bonds. The fourth-order valence-corrected chi connectivity index (χ4v) is 4.47. The highest BCUT2D eigenvalue weighted by Crippen LogP contribution is 2.34. The molecule has 128 valence electrons. The summed E-state index contributed by atoms with van der Waals surface area (Å²) in [6.45, 7) is 1.27. The van der Waals surface area contributed by atoms with Crippen LogP contribution in [0.15, 0.2) is 51.8 Å². The number of carboxylic acids is 1. The molecule has 24 heavy (non-hydrogen) atoms. The van der Waals surface area contributed by atoms with Crippen molar-refractivity contribution in [2.75, 3.05) is 4.31 Å². The smallest absolute Gasteiger partial charge is 0.327 e. The second kappa shape index (κ2) is 7.31. The van der Waals surface area contributed by atoms with Gasteiger partial charge in [-0.25, -0.2) is 13.2 Å². The lowest BCUT2D eigenvalue weighted by molar-refractivity contribution is -0.137. The molecular weight excluding hydrogens is 441 g/mol. The predicted octanol–water partition coefficient (Wildman–Crippen LogP) is 4.42. The van der Waals surface area contributed by atoms with Crippen molar-refractivity contribution in [2.24, 2.45) is 0 Å². The van der Waals surface area contributed by atoms with Crippen molar-refractivity contribution >= 4 is 60.8 Å². The Morgan fingerprint density at radius 3 is 2.25 bits per heavy atom. The first kappa shape index (κ1) is 19.1. The molecule has 2 rings (SSSR count). The Kier molecular flexibility index (Phi) is 5.80. The Labute approximate surface area is 158 Å². The van der Waals surface area contributed by atoms with E-state index in [0.717, 1.165) is 4.31 Å². The van der Waals surface area contributed by atoms with Gasteiger partial charge in [-0.2, -0.15) is 0 Å². The first-order valence-electron chi connectivity index (χ1n) is 6.62. The molecule has 2 aromatic carbocycles. The summed E-state index contributed by atoms with van der Waals surface area (Å²) in [5.74, 6) is -1.30. The van der Waals surface area contributed by atoms with Gasteiger partial charge in [0, 0.05) is 9.50 Å². The van der Waals surface area contributed by atoms with E-state index in [1.165, 1.54) is 37.3 Å². The van der Waals surface area contributed by atoms with E-state index < -0.39 is 22.0 Å². The van der Waals surface area contributed by atoms with E-state index in [1.807, 2.05) is 0 Å². The second-order valence-corrected chi connectivity index (χ2v) is 8.44. The minimum Gasteiger partial charge on any atom is -0.480 e. The number of hydrogen-bond donors (Lipinski definition) is 1. The number of nitrogens with zero attached hydrogens (tertiary/aromatic N) is 1. The van der Waals surface area contributed by atoms with Gasteiger partial charge in [-0.3, -0.25) is 4.31 Å². The molecule has 0 spiro atoms. The molecule has 0 saturated carbocycles. The van der Waals surface area contributed by atoms with Gasteiger partial charge in [0.2, 0.25) is 0 Å². The maximum atomic E-state index is 13.0. The van der Waals surface area contributed by atoms with E-state index in [1.54, 1.807) is 12.1 Å². The highest BCUT2D eigenvalue weighted by Gasteiger charge is 2.34. The molecule has 0 saturated heterocycles. The van der Waals surface area contributed by atoms with Crippen LogP contribution in [0, 0.1) is 0 Å². The number of sulfonamides is 1. The molecule has 0 heterocycles. The summed E-state index contributed by atoms with van der Waals surface area (Å²) in [5, 5.41) is 9.68. The summed E-state index contributed by atoms with van der Waals surface area (Å²) in [7, 11) is -4.15. The molecule has 0 bridgehead atoms. The van der Waals surface area contributed by atoms with Crippen molar-refractivity contribution < 1.29 is 18.3 Å². The average Bonchev–Trinajstić information content (AvgIpc) is 2.49. The Morgan fingerprint density at radius 1 is 1.17 bits per heavy atom. The van der Waals surface area contributed by atoms with Crippen molar-refractivity contribution in [1.82, 2.24) is 0 Å². The van der Waals surface area contributed by atoms with Crippen molar-refractivity contribution in [3.8, 4) is 0 Å². The molecular formula is C15H12BrCl2NO4S. The number of hydrogen-bond acceptors (Lipinski definition) is 3. The maximum Gasteiger partial charge on any atom is 0.327 e. The Morgan fingerprint density at radius 2 is 1.75 bits per heavy atom. The molecule has 0 fully saturated rings. The molecule has 1 atom stereocenters. The first-order chi connectivity index (χ1) is 11.1. The molecule has 2 aromatic rings. The zero-order chi connectivity index (χ0) is 18.1. The van der Waals surface area contributed by atoms with E-state index >= 15 is 0 Å². The van der Waals surface area contributed by atoms with E-state index in [4.69, 9.17) is 23.2 Å². The lowest BCUT2D eigenvalue weighted by Gasteiger charge is -2.28. The highest BCUT2D eigenvalue weighted by molar-refractivity contribution is 9.10. The summed E-state index contributed by atoms with van der Waals surface area (Å²) in [4.78, 5) is 11.4. The van der Waals surface area contributed by atoms with E-state index in [0.29, 0.717) is 9.50 Å². The lowest BCUT2D eigenvalue weighted by atomic mass is 10.2. The Balaban J connectivity index is 2.66. The largest absolute Gasteiger partial charge is 0.480 e. The van der Waals surface area contributed by atoms with Crippen LogP contribution in [0.2, 0.25) is 10.0 Å². The molecule has 1 unspecified atom stereocenters. The summed E-state index contributed by atoms with van der Waals surface area (Å²) in [6, 6.07) is 8.69. The monoisotopic (exact) mass is 451 g/mol. The van der Waals surface area contributed by atoms with Crippen LogP contribution in [-0.4, -0.2) is 25.5 Å². The standard InChI is InChI=1S/C15H12BrCl2NO4S/c1-9(15(20)21)19(14-7-4-11(17)8-13(14)18)24(22,23)12-5-2-10(16)3-6-12/h2-9H,1H3,(H,20,21). The maximum absolute atomic E-state index is 13.0. The van der Waals surface area contributed by atoms with Gasteiger partial charge in [-0.1, -0.05) is 39.1 Å². The van der Waals surface area contributed by atoms with Crippen molar-refractivity contribution in [1.29, 1.82) is 0 Å². The van der Waals surface area contributed by atoms with E-state index in [-0.39, 0.29) is 15.6 Å². The number of halogens is 3. The number of benzene rings is 2. The number of rotatable bonds is 5. The predicted molar refractivity (Wildman–Crippen MR) is 97.4 cm³/mol. The SMILES string of the molecule is CC(C(=O)O)N(c1ccc(Cl)cc1Cl)S(=O)(=O)c1ccc(Br)cc1. The van der Waals surface area contributed by atoms with Crippen LogP contribution < -0.4 is 4.31 Å². The topological polar surface area (TPSA) is 74.7 Å². The third kappa shape index (κ3) is 3.85. The molecule has 0 radical (unpaired) electrons. The fourth-order valence-electron chi connectivity index (χ4n) is 2.03. The molecule has 0 aliphatic heterocycles. The van der Waals surface area contributed by atoms with Gasteiger partial charge in [0.05, 0.1) is 15.6 Å². The quantitative estimate of drug-likeness (QED) is 0.728. The molecule has 9 heteroatoms. The number of carboxylic acid groups (broad SMARTS) is 1. The highest BCUT2D eigenvalue weighted by atomic mass is 79.9. The van der Waals surface area contributed by atoms with E-state index in [2.05, 4.69) is 15.9 Å². The second-order valence-electron chi connectivity index (χ2n) is 4.86. The summed E-state index contributed by atoms with van der Waals surface area (Å²) in [6.07, 6.45) is 0. The van der Waals surface area contributed by atoms with Crippen LogP contribution in [-0.2, 0) is 14.8 Å². The van der Waals surface area contributed by atoms with E-state index in [9.17, 15) is 18.3 Å². The van der Waals surface area contributed by atoms with Gasteiger partial charge >= 0.3 is 5.97 Å². The molecule has 1 N–H and O–H groups in total. The first-order valence-corrected chi connectivity index (χ1v) is 9.61. The van der Waals surface area contributed by atoms with Crippen LogP contribution in [0.4, 0.5) is 5.69 Å². The summed E-state index contributed by atoms with van der Waals surface area (Å²) >= 11 is 15.2. The van der Waals surface area contributed by atoms with Crippen LogP contribution in [0.1, 0.15) is 6.92 Å². The van der Waals surface area contributed by atoms with Gasteiger partial charge in [0.1, 0.15) is 6.04 Å². The number of anilines is 1. The minimum absolute atomic E-state index is 0.0382. The lowest BCUT2D eigenvalue weighted by Crippen LogP contribution is -2.43. The van der Waals surface area contributed by atoms with Crippen LogP contribution >= 0.6 is 39.1 Å².